The van der Waals surface area contributed by atoms with Crippen molar-refractivity contribution in [3.63, 3.8) is 0 Å². The van der Waals surface area contributed by atoms with Gasteiger partial charge in [-0.05, 0) is 48.4 Å². The Morgan fingerprint density at radius 1 is 0.969 bits per heavy atom. The van der Waals surface area contributed by atoms with E-state index in [9.17, 15) is 9.59 Å². The van der Waals surface area contributed by atoms with Crippen molar-refractivity contribution in [3.8, 4) is 11.3 Å². The molecule has 4 rings (SSSR count). The Labute approximate surface area is 199 Å². The zero-order valence-corrected chi connectivity index (χ0v) is 19.6. The summed E-state index contributed by atoms with van der Waals surface area (Å²) in [6.07, 6.45) is 0.893. The van der Waals surface area contributed by atoms with Crippen molar-refractivity contribution in [1.82, 2.24) is 4.98 Å². The maximum atomic E-state index is 13.0. The number of aromatic nitrogens is 1. The number of nitrogens with zero attached hydrogens (tertiary/aromatic N) is 1. The second-order valence-corrected chi connectivity index (χ2v) is 8.63. The molecule has 0 saturated carbocycles. The lowest BCUT2D eigenvalue weighted by Crippen LogP contribution is -2.15. The minimum absolute atomic E-state index is 0.251. The third kappa shape index (κ3) is 4.90. The lowest BCUT2D eigenvalue weighted by molar-refractivity contribution is 0.0476. The fourth-order valence-corrected chi connectivity index (χ4v) is 3.84. The predicted molar refractivity (Wildman–Crippen MR) is 130 cm³/mol. The quantitative estimate of drug-likeness (QED) is 0.209. The van der Waals surface area contributed by atoms with Crippen LogP contribution in [0.4, 0.5) is 0 Å². The molecule has 0 atom stereocenters. The molecular formula is C26H19BrClNO3. The summed E-state index contributed by atoms with van der Waals surface area (Å²) in [5.74, 6) is -0.831. The molecule has 0 aliphatic heterocycles. The summed E-state index contributed by atoms with van der Waals surface area (Å²) in [5, 5.41) is 1.26. The van der Waals surface area contributed by atoms with E-state index in [1.807, 2.05) is 49.4 Å². The molecule has 32 heavy (non-hydrogen) atoms. The Morgan fingerprint density at radius 2 is 1.69 bits per heavy atom. The summed E-state index contributed by atoms with van der Waals surface area (Å²) < 4.78 is 6.22. The number of esters is 1. The molecule has 4 nitrogen and oxygen atoms in total. The number of hydrogen-bond donors (Lipinski definition) is 0. The summed E-state index contributed by atoms with van der Waals surface area (Å²) in [4.78, 5) is 30.2. The molecule has 0 radical (unpaired) electrons. The van der Waals surface area contributed by atoms with Crippen LogP contribution in [0.15, 0.2) is 77.3 Å². The smallest absolute Gasteiger partial charge is 0.339 e. The van der Waals surface area contributed by atoms with Gasteiger partial charge in [-0.2, -0.15) is 0 Å². The summed E-state index contributed by atoms with van der Waals surface area (Å²) in [7, 11) is 0. The van der Waals surface area contributed by atoms with Crippen LogP contribution in [0, 0.1) is 0 Å². The average Bonchev–Trinajstić information content (AvgIpc) is 2.82. The van der Waals surface area contributed by atoms with Crippen molar-refractivity contribution in [2.75, 3.05) is 6.61 Å². The third-order valence-electron chi connectivity index (χ3n) is 5.15. The topological polar surface area (TPSA) is 56.3 Å². The summed E-state index contributed by atoms with van der Waals surface area (Å²) in [5.41, 5.74) is 4.08. The highest BCUT2D eigenvalue weighted by Gasteiger charge is 2.18. The van der Waals surface area contributed by atoms with Gasteiger partial charge in [0.05, 0.1) is 16.8 Å². The van der Waals surface area contributed by atoms with Crippen molar-refractivity contribution >= 4 is 50.2 Å². The van der Waals surface area contributed by atoms with Crippen LogP contribution < -0.4 is 0 Å². The van der Waals surface area contributed by atoms with Gasteiger partial charge in [0.25, 0.3) is 0 Å². The molecule has 1 heterocycles. The number of benzene rings is 3. The van der Waals surface area contributed by atoms with Crippen LogP contribution in [0.5, 0.6) is 0 Å². The molecule has 0 unspecified atom stereocenters. The number of rotatable bonds is 6. The number of hydrogen-bond acceptors (Lipinski definition) is 4. The fourth-order valence-electron chi connectivity index (χ4n) is 3.35. The number of fused-ring (bicyclic) bond motifs is 1. The molecule has 0 aliphatic carbocycles. The van der Waals surface area contributed by atoms with Crippen LogP contribution >= 0.6 is 27.5 Å². The molecule has 160 valence electrons. The van der Waals surface area contributed by atoms with Gasteiger partial charge in [-0.25, -0.2) is 9.78 Å². The van der Waals surface area contributed by atoms with Crippen molar-refractivity contribution in [3.05, 3.63) is 99.0 Å². The van der Waals surface area contributed by atoms with Crippen LogP contribution in [0.2, 0.25) is 5.02 Å². The first-order valence-corrected chi connectivity index (χ1v) is 11.3. The molecule has 0 amide bonds. The van der Waals surface area contributed by atoms with Crippen molar-refractivity contribution < 1.29 is 14.3 Å². The largest absolute Gasteiger partial charge is 0.454 e. The molecule has 1 aromatic heterocycles. The molecule has 0 saturated heterocycles. The number of carbonyl (C=O) groups excluding carboxylic acids is 2. The lowest BCUT2D eigenvalue weighted by Gasteiger charge is -2.11. The van der Waals surface area contributed by atoms with Gasteiger partial charge in [0.1, 0.15) is 0 Å². The van der Waals surface area contributed by atoms with Crippen LogP contribution in [0.25, 0.3) is 22.2 Å². The third-order valence-corrected chi connectivity index (χ3v) is 5.89. The number of ketones is 1. The second kappa shape index (κ2) is 9.63. The number of halogens is 2. The number of pyridine rings is 1. The normalized spacial score (nSPS) is 10.8. The van der Waals surface area contributed by atoms with E-state index in [1.165, 1.54) is 0 Å². The zero-order chi connectivity index (χ0) is 22.7. The maximum absolute atomic E-state index is 13.0. The SMILES string of the molecule is CCc1ccc(C(=O)COC(=O)c2cc(-c3ccc(Cl)cc3)nc3ccc(Br)cc23)cc1. The Bertz CT molecular complexity index is 1300. The lowest BCUT2D eigenvalue weighted by atomic mass is 10.0. The number of aryl methyl sites for hydroxylation is 1. The van der Waals surface area contributed by atoms with Crippen molar-refractivity contribution in [1.29, 1.82) is 0 Å². The monoisotopic (exact) mass is 507 g/mol. The standard InChI is InChI=1S/C26H19BrClNO3/c1-2-16-3-5-18(6-4-16)25(30)15-32-26(31)22-14-24(17-7-10-20(28)11-8-17)29-23-12-9-19(27)13-21(22)23/h3-14H,2,15H2,1H3. The Balaban J connectivity index is 1.63. The van der Waals surface area contributed by atoms with E-state index in [-0.39, 0.29) is 12.4 Å². The number of carbonyl (C=O) groups is 2. The highest BCUT2D eigenvalue weighted by Crippen LogP contribution is 2.28. The molecule has 6 heteroatoms. The first kappa shape index (κ1) is 22.2. The number of ether oxygens (including phenoxy) is 1. The highest BCUT2D eigenvalue weighted by atomic mass is 79.9. The van der Waals surface area contributed by atoms with E-state index in [0.29, 0.717) is 32.7 Å². The number of Topliss-reactive ketones (excluding diaryl/α,β-unsaturated/α-hetero) is 1. The maximum Gasteiger partial charge on any atom is 0.339 e. The molecule has 0 N–H and O–H groups in total. The van der Waals surface area contributed by atoms with Gasteiger partial charge >= 0.3 is 5.97 Å². The van der Waals surface area contributed by atoms with E-state index < -0.39 is 5.97 Å². The van der Waals surface area contributed by atoms with Crippen LogP contribution in [-0.2, 0) is 11.2 Å². The zero-order valence-electron chi connectivity index (χ0n) is 17.3. The van der Waals surface area contributed by atoms with Gasteiger partial charge in [-0.15, -0.1) is 0 Å². The molecule has 0 aliphatic rings. The summed E-state index contributed by atoms with van der Waals surface area (Å²) in [6, 6.07) is 21.7. The average molecular weight is 509 g/mol. The molecule has 0 fully saturated rings. The predicted octanol–water partition coefficient (Wildman–Crippen LogP) is 6.92. The van der Waals surface area contributed by atoms with Gasteiger partial charge in [-0.1, -0.05) is 70.9 Å². The van der Waals surface area contributed by atoms with Crippen molar-refractivity contribution in [2.24, 2.45) is 0 Å². The van der Waals surface area contributed by atoms with E-state index >= 15 is 0 Å². The van der Waals surface area contributed by atoms with Crippen LogP contribution in [-0.4, -0.2) is 23.3 Å². The minimum atomic E-state index is -0.579. The van der Waals surface area contributed by atoms with Gasteiger partial charge in [-0.3, -0.25) is 4.79 Å². The molecular weight excluding hydrogens is 490 g/mol. The van der Waals surface area contributed by atoms with Gasteiger partial charge in [0.15, 0.2) is 12.4 Å². The van der Waals surface area contributed by atoms with E-state index in [2.05, 4.69) is 20.9 Å². The second-order valence-electron chi connectivity index (χ2n) is 7.27. The Kier molecular flexibility index (Phi) is 6.68. The Morgan fingerprint density at radius 3 is 2.38 bits per heavy atom. The molecule has 0 bridgehead atoms. The van der Waals surface area contributed by atoms with E-state index in [0.717, 1.165) is 22.0 Å². The minimum Gasteiger partial charge on any atom is -0.454 e. The van der Waals surface area contributed by atoms with E-state index in [4.69, 9.17) is 16.3 Å². The summed E-state index contributed by atoms with van der Waals surface area (Å²) in [6.45, 7) is 1.71. The molecule has 3 aromatic carbocycles. The van der Waals surface area contributed by atoms with Crippen LogP contribution in [0.1, 0.15) is 33.2 Å². The first-order valence-electron chi connectivity index (χ1n) is 10.1. The first-order chi connectivity index (χ1) is 15.4. The van der Waals surface area contributed by atoms with Crippen LogP contribution in [0.3, 0.4) is 0 Å². The Hall–Kier alpha value is -3.02. The highest BCUT2D eigenvalue weighted by molar-refractivity contribution is 9.10. The molecule has 4 aromatic rings. The summed E-state index contributed by atoms with van der Waals surface area (Å²) >= 11 is 9.44. The van der Waals surface area contributed by atoms with Gasteiger partial charge < -0.3 is 4.74 Å². The fraction of sp³-hybridized carbons (Fsp3) is 0.115. The molecule has 0 spiro atoms. The van der Waals surface area contributed by atoms with E-state index in [1.54, 1.807) is 30.3 Å². The van der Waals surface area contributed by atoms with Crippen molar-refractivity contribution in [2.45, 2.75) is 13.3 Å². The van der Waals surface area contributed by atoms with Gasteiger partial charge in [0.2, 0.25) is 0 Å². The van der Waals surface area contributed by atoms with Gasteiger partial charge in [0, 0.05) is 26.0 Å².